The van der Waals surface area contributed by atoms with Gasteiger partial charge in [0.2, 0.25) is 11.7 Å². The molecule has 3 aromatic rings. The monoisotopic (exact) mass is 325 g/mol. The molecule has 0 aliphatic heterocycles. The molecule has 1 aromatic carbocycles. The molecule has 2 heterocycles. The Hall–Kier alpha value is -2.96. The van der Waals surface area contributed by atoms with E-state index < -0.39 is 0 Å². The van der Waals surface area contributed by atoms with Crippen molar-refractivity contribution in [2.75, 3.05) is 5.32 Å². The molecule has 0 bridgehead atoms. The number of carbonyl (C=O) groups excluding carboxylic acids is 1. The van der Waals surface area contributed by atoms with E-state index in [-0.39, 0.29) is 28.5 Å². The maximum Gasteiger partial charge on any atom is 0.254 e. The number of anilines is 1. The van der Waals surface area contributed by atoms with Crippen LogP contribution in [0.1, 0.15) is 33.3 Å². The highest BCUT2D eigenvalue weighted by atomic mass is 16.1. The number of nitrogens with zero attached hydrogens (tertiary/aromatic N) is 3. The Morgan fingerprint density at radius 2 is 1.88 bits per heavy atom. The lowest BCUT2D eigenvalue weighted by Gasteiger charge is -2.18. The van der Waals surface area contributed by atoms with Crippen LogP contribution >= 0.6 is 0 Å². The zero-order chi connectivity index (χ0) is 17.5. The molecule has 3 rings (SSSR count). The first-order valence-corrected chi connectivity index (χ1v) is 7.62. The summed E-state index contributed by atoms with van der Waals surface area (Å²) in [6, 6.07) is 9.25. The van der Waals surface area contributed by atoms with E-state index in [1.54, 1.807) is 0 Å². The summed E-state index contributed by atoms with van der Waals surface area (Å²) in [5.41, 5.74) is 1.76. The Morgan fingerprint density at radius 3 is 2.46 bits per heavy atom. The maximum absolute atomic E-state index is 11.7. The van der Waals surface area contributed by atoms with Gasteiger partial charge in [0.1, 0.15) is 5.82 Å². The first-order chi connectivity index (χ1) is 11.2. The average molecular weight is 325 g/mol. The van der Waals surface area contributed by atoms with Crippen LogP contribution in [-0.4, -0.2) is 25.5 Å². The second-order valence-electron chi connectivity index (χ2n) is 6.70. The standard InChI is InChI=1S/C17H19N5O2/c1-10(23)18-13-9-14(24)19-16-20-15(21-22(13)16)11-5-7-12(8-6-11)17(2,3)4/h5-9H,1-4H3,(H,18,23)(H,19,20,21,24). The van der Waals surface area contributed by atoms with E-state index >= 15 is 0 Å². The molecule has 1 amide bonds. The Labute approximate surface area is 138 Å². The van der Waals surface area contributed by atoms with E-state index in [0.29, 0.717) is 5.82 Å². The normalized spacial score (nSPS) is 11.7. The molecule has 0 aliphatic carbocycles. The number of nitrogens with one attached hydrogen (secondary N) is 2. The topological polar surface area (TPSA) is 92.1 Å². The number of hydrogen-bond donors (Lipinski definition) is 2. The Kier molecular flexibility index (Phi) is 3.71. The predicted molar refractivity (Wildman–Crippen MR) is 92.0 cm³/mol. The van der Waals surface area contributed by atoms with Gasteiger partial charge in [-0.3, -0.25) is 14.6 Å². The molecule has 0 saturated carbocycles. The molecular formula is C17H19N5O2. The van der Waals surface area contributed by atoms with Crippen LogP contribution in [0, 0.1) is 0 Å². The van der Waals surface area contributed by atoms with Gasteiger partial charge in [0, 0.05) is 18.6 Å². The zero-order valence-corrected chi connectivity index (χ0v) is 14.0. The van der Waals surface area contributed by atoms with Crippen LogP contribution in [0.15, 0.2) is 35.1 Å². The number of hydrogen-bond acceptors (Lipinski definition) is 4. The van der Waals surface area contributed by atoms with Crippen LogP contribution in [0.5, 0.6) is 0 Å². The highest BCUT2D eigenvalue weighted by molar-refractivity contribution is 5.87. The van der Waals surface area contributed by atoms with Gasteiger partial charge in [-0.15, -0.1) is 5.10 Å². The summed E-state index contributed by atoms with van der Waals surface area (Å²) in [7, 11) is 0. The molecule has 0 atom stereocenters. The van der Waals surface area contributed by atoms with E-state index in [1.807, 2.05) is 24.3 Å². The predicted octanol–water partition coefficient (Wildman–Crippen LogP) is 2.34. The molecule has 7 heteroatoms. The SMILES string of the molecule is CC(=O)Nc1cc(=O)[nH]c2nc(-c3ccc(C(C)(C)C)cc3)nn12. The average Bonchev–Trinajstić information content (AvgIpc) is 2.90. The highest BCUT2D eigenvalue weighted by Crippen LogP contribution is 2.25. The van der Waals surface area contributed by atoms with Crippen LogP contribution < -0.4 is 10.9 Å². The summed E-state index contributed by atoms with van der Waals surface area (Å²) in [5.74, 6) is 0.754. The summed E-state index contributed by atoms with van der Waals surface area (Å²) >= 11 is 0. The van der Waals surface area contributed by atoms with Gasteiger partial charge in [0.15, 0.2) is 5.82 Å². The number of aromatic amines is 1. The van der Waals surface area contributed by atoms with Gasteiger partial charge < -0.3 is 5.32 Å². The molecule has 0 fully saturated rings. The summed E-state index contributed by atoms with van der Waals surface area (Å²) < 4.78 is 1.41. The van der Waals surface area contributed by atoms with Crippen molar-refractivity contribution in [1.29, 1.82) is 0 Å². The Bertz CT molecular complexity index is 961. The summed E-state index contributed by atoms with van der Waals surface area (Å²) in [6.07, 6.45) is 0. The van der Waals surface area contributed by atoms with Crippen molar-refractivity contribution in [1.82, 2.24) is 19.6 Å². The molecule has 0 spiro atoms. The van der Waals surface area contributed by atoms with Crippen molar-refractivity contribution in [3.05, 3.63) is 46.2 Å². The number of aromatic nitrogens is 4. The van der Waals surface area contributed by atoms with Gasteiger partial charge in [-0.2, -0.15) is 9.50 Å². The molecule has 2 N–H and O–H groups in total. The molecule has 0 aliphatic rings. The first-order valence-electron chi connectivity index (χ1n) is 7.62. The zero-order valence-electron chi connectivity index (χ0n) is 14.0. The molecule has 24 heavy (non-hydrogen) atoms. The van der Waals surface area contributed by atoms with Gasteiger partial charge in [-0.25, -0.2) is 0 Å². The number of carbonyl (C=O) groups is 1. The van der Waals surface area contributed by atoms with Gasteiger partial charge in [0.25, 0.3) is 5.56 Å². The molecule has 124 valence electrons. The summed E-state index contributed by atoms with van der Waals surface area (Å²) in [4.78, 5) is 30.0. The first kappa shape index (κ1) is 15.9. The molecule has 0 radical (unpaired) electrons. The van der Waals surface area contributed by atoms with Crippen molar-refractivity contribution < 1.29 is 4.79 Å². The Morgan fingerprint density at radius 1 is 1.21 bits per heavy atom. The van der Waals surface area contributed by atoms with E-state index in [2.05, 4.69) is 41.2 Å². The minimum atomic E-state index is -0.353. The lowest BCUT2D eigenvalue weighted by molar-refractivity contribution is -0.114. The number of amides is 1. The summed E-state index contributed by atoms with van der Waals surface area (Å²) in [6.45, 7) is 7.82. The molecule has 2 aromatic heterocycles. The van der Waals surface area contributed by atoms with Crippen LogP contribution in [-0.2, 0) is 10.2 Å². The van der Waals surface area contributed by atoms with Gasteiger partial charge in [-0.1, -0.05) is 45.0 Å². The van der Waals surface area contributed by atoms with Crippen LogP contribution in [0.4, 0.5) is 5.82 Å². The second-order valence-corrected chi connectivity index (χ2v) is 6.70. The quantitative estimate of drug-likeness (QED) is 0.756. The van der Waals surface area contributed by atoms with Gasteiger partial charge in [-0.05, 0) is 11.0 Å². The number of H-pyrrole nitrogens is 1. The fourth-order valence-corrected chi connectivity index (χ4v) is 2.40. The van der Waals surface area contributed by atoms with E-state index in [0.717, 1.165) is 5.56 Å². The van der Waals surface area contributed by atoms with Gasteiger partial charge in [0.05, 0.1) is 0 Å². The minimum absolute atomic E-state index is 0.0642. The molecular weight excluding hydrogens is 306 g/mol. The highest BCUT2D eigenvalue weighted by Gasteiger charge is 2.15. The largest absolute Gasteiger partial charge is 0.311 e. The third-order valence-corrected chi connectivity index (χ3v) is 3.65. The Balaban J connectivity index is 2.08. The van der Waals surface area contributed by atoms with Crippen molar-refractivity contribution >= 4 is 17.5 Å². The number of fused-ring (bicyclic) bond motifs is 1. The third kappa shape index (κ3) is 3.05. The molecule has 0 unspecified atom stereocenters. The van der Waals surface area contributed by atoms with E-state index in [9.17, 15) is 9.59 Å². The smallest absolute Gasteiger partial charge is 0.254 e. The van der Waals surface area contributed by atoms with E-state index in [1.165, 1.54) is 23.1 Å². The fraction of sp³-hybridized carbons (Fsp3) is 0.294. The van der Waals surface area contributed by atoms with E-state index in [4.69, 9.17) is 0 Å². The lowest BCUT2D eigenvalue weighted by Crippen LogP contribution is -2.16. The second kappa shape index (κ2) is 5.59. The van der Waals surface area contributed by atoms with Crippen LogP contribution in [0.2, 0.25) is 0 Å². The van der Waals surface area contributed by atoms with Crippen molar-refractivity contribution in [3.8, 4) is 11.4 Å². The van der Waals surface area contributed by atoms with Crippen molar-refractivity contribution in [2.24, 2.45) is 0 Å². The van der Waals surface area contributed by atoms with Crippen LogP contribution in [0.3, 0.4) is 0 Å². The third-order valence-electron chi connectivity index (χ3n) is 3.65. The molecule has 7 nitrogen and oxygen atoms in total. The van der Waals surface area contributed by atoms with Gasteiger partial charge >= 0.3 is 0 Å². The lowest BCUT2D eigenvalue weighted by atomic mass is 9.87. The number of rotatable bonds is 2. The number of benzene rings is 1. The fourth-order valence-electron chi connectivity index (χ4n) is 2.40. The molecule has 0 saturated heterocycles. The minimum Gasteiger partial charge on any atom is -0.311 e. The summed E-state index contributed by atoms with van der Waals surface area (Å²) in [5, 5.41) is 6.97. The van der Waals surface area contributed by atoms with Crippen LogP contribution in [0.25, 0.3) is 17.2 Å². The maximum atomic E-state index is 11.7. The van der Waals surface area contributed by atoms with Crippen molar-refractivity contribution in [3.63, 3.8) is 0 Å². The van der Waals surface area contributed by atoms with Crippen molar-refractivity contribution in [2.45, 2.75) is 33.1 Å².